The van der Waals surface area contributed by atoms with E-state index in [1.807, 2.05) is 30.3 Å². The zero-order valence-electron chi connectivity index (χ0n) is 9.19. The smallest absolute Gasteiger partial charge is 0.176 e. The number of hydrogen-bond donors (Lipinski definition) is 1. The third-order valence-electron chi connectivity index (χ3n) is 2.87. The number of halogens is 1. The third-order valence-corrected chi connectivity index (χ3v) is 3.40. The van der Waals surface area contributed by atoms with Gasteiger partial charge in [0.15, 0.2) is 6.23 Å². The molecule has 0 saturated heterocycles. The lowest BCUT2D eigenvalue weighted by Gasteiger charge is -2.27. The van der Waals surface area contributed by atoms with Crippen molar-refractivity contribution < 1.29 is 4.74 Å². The Morgan fingerprint density at radius 1 is 1.06 bits per heavy atom. The van der Waals surface area contributed by atoms with Gasteiger partial charge in [0.2, 0.25) is 0 Å². The molecule has 0 radical (unpaired) electrons. The van der Waals surface area contributed by atoms with Crippen molar-refractivity contribution in [1.82, 2.24) is 5.32 Å². The maximum absolute atomic E-state index is 5.93. The lowest BCUT2D eigenvalue weighted by molar-refractivity contribution is 0.144. The molecular formula is C14H12BrNO. The summed E-state index contributed by atoms with van der Waals surface area (Å²) >= 11 is 3.43. The molecule has 1 aliphatic heterocycles. The number of ether oxygens (including phenoxy) is 1. The maximum Gasteiger partial charge on any atom is 0.176 e. The molecule has 1 heterocycles. The van der Waals surface area contributed by atoms with Crippen molar-refractivity contribution in [3.63, 3.8) is 0 Å². The fourth-order valence-corrected chi connectivity index (χ4v) is 2.22. The molecule has 0 fully saturated rings. The standard InChI is InChI=1S/C14H12BrNO/c15-12-7-5-10(6-8-12)14-16-9-11-3-1-2-4-13(11)17-14/h1-8,14,16H,9H2. The molecule has 17 heavy (non-hydrogen) atoms. The van der Waals surface area contributed by atoms with Crippen LogP contribution in [0.3, 0.4) is 0 Å². The van der Waals surface area contributed by atoms with E-state index in [4.69, 9.17) is 4.74 Å². The first-order chi connectivity index (χ1) is 8.33. The molecule has 1 aliphatic rings. The molecule has 2 aromatic carbocycles. The topological polar surface area (TPSA) is 21.3 Å². The van der Waals surface area contributed by atoms with Gasteiger partial charge in [-0.1, -0.05) is 46.3 Å². The van der Waals surface area contributed by atoms with Crippen LogP contribution in [0.15, 0.2) is 53.0 Å². The van der Waals surface area contributed by atoms with E-state index in [0.717, 1.165) is 22.3 Å². The first kappa shape index (κ1) is 10.8. The molecular weight excluding hydrogens is 278 g/mol. The first-order valence-electron chi connectivity index (χ1n) is 5.56. The number of para-hydroxylation sites is 1. The number of fused-ring (bicyclic) bond motifs is 1. The van der Waals surface area contributed by atoms with Gasteiger partial charge in [-0.2, -0.15) is 0 Å². The fraction of sp³-hybridized carbons (Fsp3) is 0.143. The molecule has 1 N–H and O–H groups in total. The first-order valence-corrected chi connectivity index (χ1v) is 6.35. The number of hydrogen-bond acceptors (Lipinski definition) is 2. The highest BCUT2D eigenvalue weighted by Gasteiger charge is 2.19. The monoisotopic (exact) mass is 289 g/mol. The van der Waals surface area contributed by atoms with Gasteiger partial charge in [-0.25, -0.2) is 0 Å². The van der Waals surface area contributed by atoms with Crippen molar-refractivity contribution >= 4 is 15.9 Å². The second-order valence-electron chi connectivity index (χ2n) is 4.04. The zero-order chi connectivity index (χ0) is 11.7. The van der Waals surface area contributed by atoms with Crippen LogP contribution in [0.2, 0.25) is 0 Å². The van der Waals surface area contributed by atoms with E-state index in [1.165, 1.54) is 5.56 Å². The van der Waals surface area contributed by atoms with Crippen LogP contribution >= 0.6 is 15.9 Å². The van der Waals surface area contributed by atoms with Crippen LogP contribution in [0.4, 0.5) is 0 Å². The summed E-state index contributed by atoms with van der Waals surface area (Å²) in [5.74, 6) is 0.971. The molecule has 0 aliphatic carbocycles. The molecule has 0 aromatic heterocycles. The lowest BCUT2D eigenvalue weighted by atomic mass is 10.1. The van der Waals surface area contributed by atoms with Crippen LogP contribution in [0.5, 0.6) is 5.75 Å². The van der Waals surface area contributed by atoms with Crippen LogP contribution in [-0.2, 0) is 6.54 Å². The maximum atomic E-state index is 5.93. The summed E-state index contributed by atoms with van der Waals surface area (Å²) in [5, 5.41) is 3.37. The van der Waals surface area contributed by atoms with Crippen LogP contribution in [0.25, 0.3) is 0 Å². The molecule has 3 heteroatoms. The van der Waals surface area contributed by atoms with Crippen molar-refractivity contribution in [2.24, 2.45) is 0 Å². The normalized spacial score (nSPS) is 18.3. The van der Waals surface area contributed by atoms with Gasteiger partial charge >= 0.3 is 0 Å². The molecule has 0 saturated carbocycles. The summed E-state index contributed by atoms with van der Waals surface area (Å²) in [4.78, 5) is 0. The Bertz CT molecular complexity index is 524. The van der Waals surface area contributed by atoms with E-state index in [-0.39, 0.29) is 6.23 Å². The average molecular weight is 290 g/mol. The van der Waals surface area contributed by atoms with Gasteiger partial charge in [-0.05, 0) is 18.2 Å². The predicted molar refractivity (Wildman–Crippen MR) is 70.8 cm³/mol. The Kier molecular flexibility index (Phi) is 2.87. The molecule has 3 rings (SSSR count). The molecule has 0 bridgehead atoms. The average Bonchev–Trinajstić information content (AvgIpc) is 2.39. The fourth-order valence-electron chi connectivity index (χ4n) is 1.96. The Hall–Kier alpha value is -1.32. The van der Waals surface area contributed by atoms with Crippen LogP contribution in [0.1, 0.15) is 17.4 Å². The minimum atomic E-state index is -0.0574. The van der Waals surface area contributed by atoms with Crippen LogP contribution in [0, 0.1) is 0 Å². The summed E-state index contributed by atoms with van der Waals surface area (Å²) in [7, 11) is 0. The minimum absolute atomic E-state index is 0.0574. The zero-order valence-corrected chi connectivity index (χ0v) is 10.8. The summed E-state index contributed by atoms with van der Waals surface area (Å²) < 4.78 is 7.01. The van der Waals surface area contributed by atoms with E-state index < -0.39 is 0 Å². The van der Waals surface area contributed by atoms with E-state index in [9.17, 15) is 0 Å². The van der Waals surface area contributed by atoms with Crippen molar-refractivity contribution in [3.8, 4) is 5.75 Å². The van der Waals surface area contributed by atoms with Gasteiger partial charge in [0.05, 0.1) is 0 Å². The number of nitrogens with one attached hydrogen (secondary N) is 1. The van der Waals surface area contributed by atoms with Gasteiger partial charge in [-0.15, -0.1) is 0 Å². The lowest BCUT2D eigenvalue weighted by Crippen LogP contribution is -2.30. The second-order valence-corrected chi connectivity index (χ2v) is 4.95. The van der Waals surface area contributed by atoms with Crippen LogP contribution in [-0.4, -0.2) is 0 Å². The number of benzene rings is 2. The van der Waals surface area contributed by atoms with Crippen molar-refractivity contribution in [2.45, 2.75) is 12.8 Å². The SMILES string of the molecule is Brc1ccc(C2NCc3ccccc3O2)cc1. The minimum Gasteiger partial charge on any atom is -0.471 e. The molecule has 0 spiro atoms. The Morgan fingerprint density at radius 2 is 1.82 bits per heavy atom. The van der Waals surface area contributed by atoms with Crippen LogP contribution < -0.4 is 10.1 Å². The predicted octanol–water partition coefficient (Wildman–Crippen LogP) is 3.63. The quantitative estimate of drug-likeness (QED) is 0.866. The Labute approximate surface area is 109 Å². The van der Waals surface area contributed by atoms with Gasteiger partial charge in [0.1, 0.15) is 5.75 Å². The van der Waals surface area contributed by atoms with Crippen molar-refractivity contribution in [2.75, 3.05) is 0 Å². The summed E-state index contributed by atoms with van der Waals surface area (Å²) in [6.07, 6.45) is -0.0574. The van der Waals surface area contributed by atoms with Crippen molar-refractivity contribution in [1.29, 1.82) is 0 Å². The van der Waals surface area contributed by atoms with Gasteiger partial charge in [0.25, 0.3) is 0 Å². The molecule has 2 aromatic rings. The van der Waals surface area contributed by atoms with Gasteiger partial charge in [0, 0.05) is 22.1 Å². The van der Waals surface area contributed by atoms with E-state index in [2.05, 4.69) is 39.4 Å². The summed E-state index contributed by atoms with van der Waals surface area (Å²) in [6, 6.07) is 16.3. The Morgan fingerprint density at radius 3 is 2.65 bits per heavy atom. The third kappa shape index (κ3) is 2.21. The van der Waals surface area contributed by atoms with E-state index in [1.54, 1.807) is 0 Å². The highest BCUT2D eigenvalue weighted by molar-refractivity contribution is 9.10. The molecule has 0 amide bonds. The summed E-state index contributed by atoms with van der Waals surface area (Å²) in [6.45, 7) is 0.844. The Balaban J connectivity index is 1.86. The highest BCUT2D eigenvalue weighted by atomic mass is 79.9. The van der Waals surface area contributed by atoms with Gasteiger partial charge in [-0.3, -0.25) is 5.32 Å². The molecule has 1 atom stereocenters. The van der Waals surface area contributed by atoms with E-state index >= 15 is 0 Å². The van der Waals surface area contributed by atoms with Crippen molar-refractivity contribution in [3.05, 3.63) is 64.1 Å². The molecule has 2 nitrogen and oxygen atoms in total. The largest absolute Gasteiger partial charge is 0.471 e. The second kappa shape index (κ2) is 4.51. The highest BCUT2D eigenvalue weighted by Crippen LogP contribution is 2.29. The number of rotatable bonds is 1. The molecule has 1 unspecified atom stereocenters. The summed E-state index contributed by atoms with van der Waals surface area (Å²) in [5.41, 5.74) is 2.35. The molecule has 86 valence electrons. The van der Waals surface area contributed by atoms with E-state index in [0.29, 0.717) is 0 Å². The van der Waals surface area contributed by atoms with Gasteiger partial charge < -0.3 is 4.74 Å².